The molecule has 1 heterocycles. The quantitative estimate of drug-likeness (QED) is 0.343. The third kappa shape index (κ3) is 5.97. The molecule has 1 aliphatic heterocycles. The van der Waals surface area contributed by atoms with E-state index in [1.807, 2.05) is 6.92 Å². The van der Waals surface area contributed by atoms with Gasteiger partial charge in [0.05, 0.1) is 0 Å². The zero-order valence-corrected chi connectivity index (χ0v) is 16.1. The molecule has 1 aliphatic carbocycles. The topological polar surface area (TPSA) is 94.0 Å². The second-order valence-corrected chi connectivity index (χ2v) is 7.45. The van der Waals surface area contributed by atoms with Crippen LogP contribution in [0.4, 0.5) is 0 Å². The summed E-state index contributed by atoms with van der Waals surface area (Å²) in [6, 6.07) is 0. The minimum absolute atomic E-state index is 0.0749. The van der Waals surface area contributed by atoms with Crippen LogP contribution in [0.25, 0.3) is 0 Å². The molecule has 1 saturated carbocycles. The Kier molecular flexibility index (Phi) is 8.35. The molecule has 0 radical (unpaired) electrons. The summed E-state index contributed by atoms with van der Waals surface area (Å²) < 4.78 is 0. The molecule has 148 valence electrons. The number of aliphatic hydroxyl groups excluding tert-OH is 1. The summed E-state index contributed by atoms with van der Waals surface area (Å²) >= 11 is 0. The van der Waals surface area contributed by atoms with Gasteiger partial charge in [0.2, 0.25) is 11.8 Å². The molecule has 2 amide bonds. The lowest BCUT2D eigenvalue weighted by Crippen LogP contribution is -2.46. The molecule has 0 atom stereocenters. The number of imide groups is 1. The fraction of sp³-hybridized carbons (Fsp3) is 0.842. The molecular formula is C19H34N4O3. The predicted octanol–water partition coefficient (Wildman–Crippen LogP) is 1.41. The molecule has 2 rings (SSSR count). The first-order valence-electron chi connectivity index (χ1n) is 10.1. The number of hydrogen-bond donors (Lipinski definition) is 3. The summed E-state index contributed by atoms with van der Waals surface area (Å²) in [6.45, 7) is 4.54. The van der Waals surface area contributed by atoms with Crippen molar-refractivity contribution in [2.45, 2.75) is 64.7 Å². The number of carbonyl (C=O) groups is 2. The van der Waals surface area contributed by atoms with Crippen LogP contribution in [-0.2, 0) is 9.59 Å². The van der Waals surface area contributed by atoms with Gasteiger partial charge in [0.15, 0.2) is 5.96 Å². The summed E-state index contributed by atoms with van der Waals surface area (Å²) in [5, 5.41) is 15.9. The number of aliphatic hydroxyl groups is 1. The number of hydrogen-bond acceptors (Lipinski definition) is 4. The Bertz CT molecular complexity index is 480. The normalized spacial score (nSPS) is 21.0. The van der Waals surface area contributed by atoms with Crippen molar-refractivity contribution in [2.24, 2.45) is 10.4 Å². The van der Waals surface area contributed by atoms with E-state index in [9.17, 15) is 14.7 Å². The lowest BCUT2D eigenvalue weighted by molar-refractivity contribution is -0.147. The third-order valence-corrected chi connectivity index (χ3v) is 5.48. The molecule has 0 spiro atoms. The van der Waals surface area contributed by atoms with Gasteiger partial charge in [0, 0.05) is 45.6 Å². The Morgan fingerprint density at radius 2 is 1.81 bits per heavy atom. The zero-order chi connectivity index (χ0) is 18.8. The first-order chi connectivity index (χ1) is 12.6. The Balaban J connectivity index is 1.89. The number of guanidine groups is 1. The average Bonchev–Trinajstić information content (AvgIpc) is 2.63. The van der Waals surface area contributed by atoms with Crippen LogP contribution in [0, 0.1) is 5.41 Å². The van der Waals surface area contributed by atoms with Crippen molar-refractivity contribution in [2.75, 3.05) is 32.8 Å². The number of aliphatic imine (C=N–C) groups is 1. The van der Waals surface area contributed by atoms with Crippen molar-refractivity contribution in [1.82, 2.24) is 15.5 Å². The predicted molar refractivity (Wildman–Crippen MR) is 102 cm³/mol. The van der Waals surface area contributed by atoms with Gasteiger partial charge in [0.25, 0.3) is 0 Å². The number of likely N-dealkylation sites (tertiary alicyclic amines) is 1. The first-order valence-corrected chi connectivity index (χ1v) is 10.1. The molecule has 2 aliphatic rings. The molecule has 0 bridgehead atoms. The van der Waals surface area contributed by atoms with Gasteiger partial charge in [0.1, 0.15) is 0 Å². The van der Waals surface area contributed by atoms with Crippen molar-refractivity contribution in [3.05, 3.63) is 0 Å². The van der Waals surface area contributed by atoms with Crippen LogP contribution < -0.4 is 10.6 Å². The van der Waals surface area contributed by atoms with Gasteiger partial charge >= 0.3 is 0 Å². The van der Waals surface area contributed by atoms with Gasteiger partial charge in [-0.1, -0.05) is 19.3 Å². The van der Waals surface area contributed by atoms with Crippen LogP contribution in [0.1, 0.15) is 64.7 Å². The lowest BCUT2D eigenvalue weighted by atomic mass is 9.72. The molecule has 0 unspecified atom stereocenters. The van der Waals surface area contributed by atoms with Crippen LogP contribution in [0.2, 0.25) is 0 Å². The highest BCUT2D eigenvalue weighted by Gasteiger charge is 2.31. The fourth-order valence-corrected chi connectivity index (χ4v) is 3.95. The van der Waals surface area contributed by atoms with E-state index < -0.39 is 0 Å². The van der Waals surface area contributed by atoms with E-state index in [1.165, 1.54) is 24.2 Å². The van der Waals surface area contributed by atoms with Gasteiger partial charge in [-0.25, -0.2) is 0 Å². The Morgan fingerprint density at radius 3 is 2.42 bits per heavy atom. The molecule has 7 nitrogen and oxygen atoms in total. The van der Waals surface area contributed by atoms with E-state index in [4.69, 9.17) is 4.99 Å². The highest BCUT2D eigenvalue weighted by molar-refractivity contribution is 5.97. The third-order valence-electron chi connectivity index (χ3n) is 5.48. The minimum atomic E-state index is -0.0749. The standard InChI is InChI=1S/C19H34N4O3/c1-2-20-18(21-12-13-23-16(25)7-6-8-17(23)26)22-15-19(11-14-24)9-4-3-5-10-19/h24H,2-15H2,1H3,(H2,20,21,22). The van der Waals surface area contributed by atoms with E-state index in [0.717, 1.165) is 25.8 Å². The smallest absolute Gasteiger partial charge is 0.229 e. The number of carbonyl (C=O) groups excluding carboxylic acids is 2. The van der Waals surface area contributed by atoms with E-state index in [2.05, 4.69) is 10.6 Å². The maximum atomic E-state index is 11.9. The Morgan fingerprint density at radius 1 is 1.12 bits per heavy atom. The van der Waals surface area contributed by atoms with E-state index >= 15 is 0 Å². The molecule has 0 aromatic rings. The van der Waals surface area contributed by atoms with Gasteiger partial charge < -0.3 is 15.7 Å². The molecule has 0 aromatic heterocycles. The lowest BCUT2D eigenvalue weighted by Gasteiger charge is -2.35. The first kappa shape index (κ1) is 20.7. The molecule has 1 saturated heterocycles. The van der Waals surface area contributed by atoms with Crippen molar-refractivity contribution in [1.29, 1.82) is 0 Å². The number of nitrogens with one attached hydrogen (secondary N) is 2. The highest BCUT2D eigenvalue weighted by atomic mass is 16.3. The van der Waals surface area contributed by atoms with Gasteiger partial charge in [-0.3, -0.25) is 19.5 Å². The van der Waals surface area contributed by atoms with Gasteiger partial charge in [-0.15, -0.1) is 0 Å². The number of rotatable bonds is 8. The highest BCUT2D eigenvalue weighted by Crippen LogP contribution is 2.39. The minimum Gasteiger partial charge on any atom is -0.396 e. The van der Waals surface area contributed by atoms with E-state index in [1.54, 1.807) is 0 Å². The van der Waals surface area contributed by atoms with Crippen LogP contribution in [0.5, 0.6) is 0 Å². The molecule has 0 aromatic carbocycles. The summed E-state index contributed by atoms with van der Waals surface area (Å²) in [5.41, 5.74) is 0.105. The van der Waals surface area contributed by atoms with E-state index in [0.29, 0.717) is 44.9 Å². The molecule has 26 heavy (non-hydrogen) atoms. The van der Waals surface area contributed by atoms with Crippen molar-refractivity contribution >= 4 is 17.8 Å². The number of piperidine rings is 1. The van der Waals surface area contributed by atoms with Gasteiger partial charge in [-0.2, -0.15) is 0 Å². The van der Waals surface area contributed by atoms with Crippen molar-refractivity contribution in [3.8, 4) is 0 Å². The molecule has 2 fully saturated rings. The summed E-state index contributed by atoms with van der Waals surface area (Å²) in [5.74, 6) is 0.565. The van der Waals surface area contributed by atoms with Crippen LogP contribution >= 0.6 is 0 Å². The Hall–Kier alpha value is -1.63. The van der Waals surface area contributed by atoms with Crippen LogP contribution in [-0.4, -0.2) is 60.6 Å². The second-order valence-electron chi connectivity index (χ2n) is 7.45. The Labute approximate surface area is 156 Å². The number of nitrogens with zero attached hydrogens (tertiary/aromatic N) is 2. The zero-order valence-electron chi connectivity index (χ0n) is 16.1. The van der Waals surface area contributed by atoms with Crippen molar-refractivity contribution < 1.29 is 14.7 Å². The SMILES string of the molecule is CCNC(=NCC1(CCO)CCCCC1)NCCN1C(=O)CCCC1=O. The number of amides is 2. The summed E-state index contributed by atoms with van der Waals surface area (Å²) in [6.07, 6.45) is 8.31. The largest absolute Gasteiger partial charge is 0.396 e. The monoisotopic (exact) mass is 366 g/mol. The van der Waals surface area contributed by atoms with E-state index in [-0.39, 0.29) is 23.8 Å². The maximum Gasteiger partial charge on any atom is 0.229 e. The van der Waals surface area contributed by atoms with Crippen LogP contribution in [0.15, 0.2) is 4.99 Å². The molecule has 7 heteroatoms. The fourth-order valence-electron chi connectivity index (χ4n) is 3.95. The molecular weight excluding hydrogens is 332 g/mol. The summed E-state index contributed by atoms with van der Waals surface area (Å²) in [4.78, 5) is 29.8. The summed E-state index contributed by atoms with van der Waals surface area (Å²) in [7, 11) is 0. The maximum absolute atomic E-state index is 11.9. The average molecular weight is 367 g/mol. The van der Waals surface area contributed by atoms with Crippen LogP contribution in [0.3, 0.4) is 0 Å². The second kappa shape index (κ2) is 10.5. The van der Waals surface area contributed by atoms with Gasteiger partial charge in [-0.05, 0) is 38.0 Å². The molecule has 3 N–H and O–H groups in total. The van der Waals surface area contributed by atoms with Crippen molar-refractivity contribution in [3.63, 3.8) is 0 Å².